The zero-order valence-corrected chi connectivity index (χ0v) is 9.29. The Morgan fingerprint density at radius 3 is 2.76 bits per heavy atom. The van der Waals surface area contributed by atoms with E-state index in [0.29, 0.717) is 10.4 Å². The first-order valence-corrected chi connectivity index (χ1v) is 6.08. The average Bonchev–Trinajstić information content (AvgIpc) is 2.58. The largest absolute Gasteiger partial charge is 0.325 e. The number of non-ortho nitro benzene ring substituents is 1. The second-order valence-corrected chi connectivity index (χ2v) is 4.73. The third-order valence-electron chi connectivity index (χ3n) is 1.82. The van der Waals surface area contributed by atoms with E-state index in [9.17, 15) is 18.5 Å². The molecule has 0 fully saturated rings. The SMILES string of the molecule is CS(=O)(=O)On1nnc2ccc([N+](=O)[O-])cc21. The van der Waals surface area contributed by atoms with Crippen LogP contribution in [0.25, 0.3) is 11.0 Å². The van der Waals surface area contributed by atoms with E-state index in [1.54, 1.807) is 0 Å². The van der Waals surface area contributed by atoms with Crippen molar-refractivity contribution in [3.63, 3.8) is 0 Å². The zero-order chi connectivity index (χ0) is 12.6. The minimum atomic E-state index is -3.78. The van der Waals surface area contributed by atoms with Crippen molar-refractivity contribution in [2.75, 3.05) is 6.26 Å². The highest BCUT2D eigenvalue weighted by atomic mass is 32.2. The summed E-state index contributed by atoms with van der Waals surface area (Å²) in [6, 6.07) is 3.71. The van der Waals surface area contributed by atoms with Crippen LogP contribution in [0.1, 0.15) is 0 Å². The van der Waals surface area contributed by atoms with E-state index in [-0.39, 0.29) is 11.2 Å². The predicted octanol–water partition coefficient (Wildman–Crippen LogP) is -0.272. The van der Waals surface area contributed by atoms with E-state index < -0.39 is 15.0 Å². The Morgan fingerprint density at radius 1 is 1.47 bits per heavy atom. The van der Waals surface area contributed by atoms with E-state index in [4.69, 9.17) is 0 Å². The van der Waals surface area contributed by atoms with Gasteiger partial charge >= 0.3 is 10.1 Å². The van der Waals surface area contributed by atoms with Gasteiger partial charge in [0.15, 0.2) is 0 Å². The van der Waals surface area contributed by atoms with Crippen LogP contribution in [0.15, 0.2) is 18.2 Å². The number of nitrogens with zero attached hydrogens (tertiary/aromatic N) is 4. The molecule has 1 heterocycles. The van der Waals surface area contributed by atoms with Gasteiger partial charge in [0.05, 0.1) is 11.2 Å². The summed E-state index contributed by atoms with van der Waals surface area (Å²) >= 11 is 0. The van der Waals surface area contributed by atoms with Crippen molar-refractivity contribution in [1.29, 1.82) is 0 Å². The molecule has 0 unspecified atom stereocenters. The molecule has 0 aliphatic heterocycles. The Bertz CT molecular complexity index is 691. The Kier molecular flexibility index (Phi) is 2.42. The lowest BCUT2D eigenvalue weighted by Crippen LogP contribution is -2.19. The van der Waals surface area contributed by atoms with Crippen LogP contribution < -0.4 is 4.28 Å². The molecule has 0 amide bonds. The highest BCUT2D eigenvalue weighted by molar-refractivity contribution is 7.86. The van der Waals surface area contributed by atoms with Gasteiger partial charge in [0.25, 0.3) is 5.69 Å². The van der Waals surface area contributed by atoms with Gasteiger partial charge in [-0.2, -0.15) is 8.42 Å². The number of hydrogen-bond acceptors (Lipinski definition) is 7. The second-order valence-electron chi connectivity index (χ2n) is 3.17. The van der Waals surface area contributed by atoms with Gasteiger partial charge in [-0.25, -0.2) is 0 Å². The number of fused-ring (bicyclic) bond motifs is 1. The molecular weight excluding hydrogens is 252 g/mol. The summed E-state index contributed by atoms with van der Waals surface area (Å²) in [5, 5.41) is 17.6. The maximum absolute atomic E-state index is 10.9. The first-order chi connectivity index (χ1) is 7.87. The Balaban J connectivity index is 2.58. The fraction of sp³-hybridized carbons (Fsp3) is 0.143. The average molecular weight is 258 g/mol. The van der Waals surface area contributed by atoms with Crippen molar-refractivity contribution in [3.05, 3.63) is 28.3 Å². The minimum absolute atomic E-state index is 0.102. The monoisotopic (exact) mass is 258 g/mol. The molecule has 0 radical (unpaired) electrons. The molecule has 2 aromatic rings. The van der Waals surface area contributed by atoms with Gasteiger partial charge in [-0.05, 0) is 11.3 Å². The molecule has 0 atom stereocenters. The summed E-state index contributed by atoms with van der Waals surface area (Å²) in [4.78, 5) is 10.6. The standard InChI is InChI=1S/C7H6N4O5S/c1-17(14,15)16-10-7-4-5(11(12)13)2-3-6(7)8-9-10/h2-4H,1H3. The van der Waals surface area contributed by atoms with E-state index >= 15 is 0 Å². The van der Waals surface area contributed by atoms with Crippen LogP contribution in [0, 0.1) is 10.1 Å². The van der Waals surface area contributed by atoms with Crippen molar-refractivity contribution >= 4 is 26.8 Å². The first kappa shape index (κ1) is 11.3. The van der Waals surface area contributed by atoms with Crippen molar-refractivity contribution < 1.29 is 17.6 Å². The van der Waals surface area contributed by atoms with Gasteiger partial charge in [0.2, 0.25) is 0 Å². The third-order valence-corrected chi connectivity index (χ3v) is 2.23. The number of hydrogen-bond donors (Lipinski definition) is 0. The number of benzene rings is 1. The molecule has 10 heteroatoms. The molecule has 0 N–H and O–H groups in total. The topological polar surface area (TPSA) is 117 Å². The van der Waals surface area contributed by atoms with Crippen LogP contribution in [-0.4, -0.2) is 34.8 Å². The maximum Gasteiger partial charge on any atom is 0.325 e. The maximum atomic E-state index is 10.9. The lowest BCUT2D eigenvalue weighted by molar-refractivity contribution is -0.384. The normalized spacial score (nSPS) is 11.6. The van der Waals surface area contributed by atoms with Crippen LogP contribution in [-0.2, 0) is 10.1 Å². The van der Waals surface area contributed by atoms with Crippen LogP contribution >= 0.6 is 0 Å². The molecule has 1 aromatic heterocycles. The predicted molar refractivity (Wildman–Crippen MR) is 55.6 cm³/mol. The molecule has 0 saturated heterocycles. The Labute approximate surface area is 94.8 Å². The summed E-state index contributed by atoms with van der Waals surface area (Å²) in [5.74, 6) is 0. The van der Waals surface area contributed by atoms with Gasteiger partial charge < -0.3 is 0 Å². The summed E-state index contributed by atoms with van der Waals surface area (Å²) in [5.41, 5.74) is 0.182. The molecule has 2 rings (SSSR count). The van der Waals surface area contributed by atoms with Gasteiger partial charge in [-0.1, -0.05) is 4.85 Å². The molecule has 0 aliphatic carbocycles. The number of nitro benzene ring substituents is 1. The van der Waals surface area contributed by atoms with Crippen LogP contribution in [0.3, 0.4) is 0 Å². The Morgan fingerprint density at radius 2 is 2.18 bits per heavy atom. The summed E-state index contributed by atoms with van der Waals surface area (Å²) < 4.78 is 26.3. The molecule has 0 saturated carbocycles. The van der Waals surface area contributed by atoms with Crippen LogP contribution in [0.4, 0.5) is 5.69 Å². The molecule has 90 valence electrons. The van der Waals surface area contributed by atoms with Crippen LogP contribution in [0.5, 0.6) is 0 Å². The van der Waals surface area contributed by atoms with E-state index in [2.05, 4.69) is 14.6 Å². The highest BCUT2D eigenvalue weighted by Crippen LogP contribution is 2.18. The quantitative estimate of drug-likeness (QED) is 0.549. The lowest BCUT2D eigenvalue weighted by atomic mass is 10.3. The smallest absolute Gasteiger partial charge is 0.268 e. The van der Waals surface area contributed by atoms with Gasteiger partial charge in [-0.15, -0.1) is 5.10 Å². The fourth-order valence-corrected chi connectivity index (χ4v) is 1.55. The number of nitro groups is 1. The molecule has 9 nitrogen and oxygen atoms in total. The first-order valence-electron chi connectivity index (χ1n) is 4.26. The van der Waals surface area contributed by atoms with Crippen molar-refractivity contribution in [2.24, 2.45) is 0 Å². The van der Waals surface area contributed by atoms with E-state index in [0.717, 1.165) is 12.3 Å². The fourth-order valence-electron chi connectivity index (χ4n) is 1.18. The highest BCUT2D eigenvalue weighted by Gasteiger charge is 2.14. The van der Waals surface area contributed by atoms with Gasteiger partial charge in [-0.3, -0.25) is 14.4 Å². The zero-order valence-electron chi connectivity index (χ0n) is 8.47. The number of aromatic nitrogens is 3. The Hall–Kier alpha value is -2.23. The van der Waals surface area contributed by atoms with Crippen molar-refractivity contribution in [3.8, 4) is 0 Å². The van der Waals surface area contributed by atoms with Gasteiger partial charge in [0, 0.05) is 12.1 Å². The second kappa shape index (κ2) is 3.66. The van der Waals surface area contributed by atoms with E-state index in [1.807, 2.05) is 0 Å². The molecule has 17 heavy (non-hydrogen) atoms. The molecule has 0 bridgehead atoms. The number of rotatable bonds is 3. The molecule has 0 aliphatic rings. The molecular formula is C7H6N4O5S. The minimum Gasteiger partial charge on any atom is -0.268 e. The van der Waals surface area contributed by atoms with Crippen molar-refractivity contribution in [2.45, 2.75) is 0 Å². The van der Waals surface area contributed by atoms with Gasteiger partial charge in [0.1, 0.15) is 11.0 Å². The molecule has 1 aromatic carbocycles. The summed E-state index contributed by atoms with van der Waals surface area (Å²) in [7, 11) is -3.78. The summed E-state index contributed by atoms with van der Waals surface area (Å²) in [6.07, 6.45) is 0.831. The van der Waals surface area contributed by atoms with Crippen molar-refractivity contribution in [1.82, 2.24) is 15.2 Å². The lowest BCUT2D eigenvalue weighted by Gasteiger charge is -2.00. The molecule has 0 spiro atoms. The van der Waals surface area contributed by atoms with E-state index in [1.165, 1.54) is 12.1 Å². The third kappa shape index (κ3) is 2.30. The summed E-state index contributed by atoms with van der Waals surface area (Å²) in [6.45, 7) is 0. The van der Waals surface area contributed by atoms with Crippen LogP contribution in [0.2, 0.25) is 0 Å².